The summed E-state index contributed by atoms with van der Waals surface area (Å²) in [7, 11) is -0.688. The molecule has 0 atom stereocenters. The summed E-state index contributed by atoms with van der Waals surface area (Å²) in [6.45, 7) is 1.90. The van der Waals surface area contributed by atoms with Gasteiger partial charge in [0.2, 0.25) is 0 Å². The molecule has 0 bridgehead atoms. The summed E-state index contributed by atoms with van der Waals surface area (Å²) in [5, 5.41) is 2.98. The van der Waals surface area contributed by atoms with Crippen LogP contribution in [0.15, 0.2) is 6.07 Å². The molecular formula is C11H16N2O2S2. The van der Waals surface area contributed by atoms with Gasteiger partial charge in [-0.25, -0.2) is 0 Å². The summed E-state index contributed by atoms with van der Waals surface area (Å²) in [5.74, 6) is 1.32. The normalized spacial score (nSPS) is 24.5. The van der Waals surface area contributed by atoms with Crippen molar-refractivity contribution in [1.29, 1.82) is 0 Å². The minimum atomic E-state index is -0.688. The monoisotopic (exact) mass is 272 g/mol. The van der Waals surface area contributed by atoms with Gasteiger partial charge >= 0.3 is 0 Å². The number of thiophene rings is 1. The lowest BCUT2D eigenvalue weighted by Crippen LogP contribution is -2.39. The number of aryl methyl sites for hydroxylation is 1. The van der Waals surface area contributed by atoms with Crippen LogP contribution >= 0.6 is 11.3 Å². The Labute approximate surface area is 107 Å². The molecule has 1 aliphatic rings. The van der Waals surface area contributed by atoms with Crippen molar-refractivity contribution in [3.05, 3.63) is 15.8 Å². The van der Waals surface area contributed by atoms with Gasteiger partial charge in [0.05, 0.1) is 4.88 Å². The van der Waals surface area contributed by atoms with Crippen LogP contribution in [0.4, 0.5) is 5.69 Å². The number of hydrogen-bond donors (Lipinski definition) is 2. The summed E-state index contributed by atoms with van der Waals surface area (Å²) >= 11 is 1.41. The van der Waals surface area contributed by atoms with Crippen LogP contribution in [-0.4, -0.2) is 27.7 Å². The second kappa shape index (κ2) is 5.18. The van der Waals surface area contributed by atoms with Crippen molar-refractivity contribution in [3.8, 4) is 0 Å². The Morgan fingerprint density at radius 1 is 1.53 bits per heavy atom. The highest BCUT2D eigenvalue weighted by molar-refractivity contribution is 7.85. The Morgan fingerprint density at radius 3 is 2.71 bits per heavy atom. The van der Waals surface area contributed by atoms with E-state index in [9.17, 15) is 9.00 Å². The topological polar surface area (TPSA) is 72.2 Å². The van der Waals surface area contributed by atoms with Crippen molar-refractivity contribution in [2.45, 2.75) is 25.8 Å². The molecule has 6 heteroatoms. The maximum absolute atomic E-state index is 11.9. The number of rotatable bonds is 2. The number of anilines is 1. The first kappa shape index (κ1) is 12.6. The lowest BCUT2D eigenvalue weighted by Gasteiger charge is -2.22. The van der Waals surface area contributed by atoms with Gasteiger partial charge in [-0.1, -0.05) is 0 Å². The van der Waals surface area contributed by atoms with E-state index in [4.69, 9.17) is 5.73 Å². The van der Waals surface area contributed by atoms with Crippen molar-refractivity contribution in [1.82, 2.24) is 5.32 Å². The van der Waals surface area contributed by atoms with Gasteiger partial charge in [-0.05, 0) is 25.8 Å². The van der Waals surface area contributed by atoms with Crippen molar-refractivity contribution in [3.63, 3.8) is 0 Å². The molecule has 0 aliphatic carbocycles. The molecule has 17 heavy (non-hydrogen) atoms. The predicted molar refractivity (Wildman–Crippen MR) is 71.8 cm³/mol. The van der Waals surface area contributed by atoms with E-state index in [0.717, 1.165) is 17.7 Å². The minimum absolute atomic E-state index is 0.0625. The van der Waals surface area contributed by atoms with E-state index < -0.39 is 10.8 Å². The predicted octanol–water partition coefficient (Wildman–Crippen LogP) is 1.28. The van der Waals surface area contributed by atoms with Crippen molar-refractivity contribution < 1.29 is 9.00 Å². The van der Waals surface area contributed by atoms with Crippen LogP contribution in [0.2, 0.25) is 0 Å². The molecule has 0 aromatic carbocycles. The third-order valence-corrected chi connectivity index (χ3v) is 5.35. The zero-order chi connectivity index (χ0) is 12.4. The third kappa shape index (κ3) is 3.07. The van der Waals surface area contributed by atoms with Gasteiger partial charge in [0.25, 0.3) is 5.91 Å². The third-order valence-electron chi connectivity index (χ3n) is 2.90. The molecule has 0 radical (unpaired) electrons. The fourth-order valence-corrected chi connectivity index (χ4v) is 3.95. The molecule has 2 heterocycles. The number of nitrogens with two attached hydrogens (primary N) is 1. The second-order valence-electron chi connectivity index (χ2n) is 4.22. The highest BCUT2D eigenvalue weighted by Crippen LogP contribution is 2.23. The van der Waals surface area contributed by atoms with Crippen LogP contribution in [0.5, 0.6) is 0 Å². The number of amides is 1. The van der Waals surface area contributed by atoms with E-state index >= 15 is 0 Å². The van der Waals surface area contributed by atoms with Gasteiger partial charge < -0.3 is 11.1 Å². The van der Waals surface area contributed by atoms with E-state index in [-0.39, 0.29) is 11.9 Å². The van der Waals surface area contributed by atoms with Crippen LogP contribution in [0.25, 0.3) is 0 Å². The first-order valence-electron chi connectivity index (χ1n) is 5.58. The molecule has 1 amide bonds. The van der Waals surface area contributed by atoms with Gasteiger partial charge in [0.15, 0.2) is 0 Å². The lowest BCUT2D eigenvalue weighted by molar-refractivity contribution is 0.0938. The summed E-state index contributed by atoms with van der Waals surface area (Å²) in [5.41, 5.74) is 6.39. The molecule has 4 nitrogen and oxygen atoms in total. The maximum Gasteiger partial charge on any atom is 0.261 e. The van der Waals surface area contributed by atoms with Crippen LogP contribution < -0.4 is 11.1 Å². The molecule has 1 aromatic rings. The van der Waals surface area contributed by atoms with Crippen LogP contribution in [0, 0.1) is 6.92 Å². The number of hydrogen-bond acceptors (Lipinski definition) is 4. The molecule has 0 unspecified atom stereocenters. The molecule has 1 aromatic heterocycles. The standard InChI is InChI=1S/C11H16N2O2S2/c1-7-9(12)6-10(16-7)11(14)13-8-2-4-17(15)5-3-8/h6,8H,2-5,12H2,1H3,(H,13,14). The fraction of sp³-hybridized carbons (Fsp3) is 0.545. The zero-order valence-electron chi connectivity index (χ0n) is 9.69. The Bertz CT molecular complexity index is 427. The Balaban J connectivity index is 1.95. The van der Waals surface area contributed by atoms with Gasteiger partial charge in [-0.15, -0.1) is 11.3 Å². The van der Waals surface area contributed by atoms with Gasteiger partial charge in [0.1, 0.15) is 0 Å². The minimum Gasteiger partial charge on any atom is -0.398 e. The number of carbonyl (C=O) groups excluding carboxylic acids is 1. The van der Waals surface area contributed by atoms with Gasteiger partial charge in [-0.3, -0.25) is 9.00 Å². The van der Waals surface area contributed by atoms with Gasteiger partial charge in [0, 0.05) is 38.9 Å². The summed E-state index contributed by atoms with van der Waals surface area (Å²) in [4.78, 5) is 13.6. The summed E-state index contributed by atoms with van der Waals surface area (Å²) in [6.07, 6.45) is 1.61. The molecule has 2 rings (SSSR count). The Kier molecular flexibility index (Phi) is 3.83. The molecule has 1 saturated heterocycles. The number of carbonyl (C=O) groups is 1. The summed E-state index contributed by atoms with van der Waals surface area (Å²) < 4.78 is 11.2. The van der Waals surface area contributed by atoms with Crippen molar-refractivity contribution in [2.24, 2.45) is 0 Å². The Hall–Kier alpha value is -0.880. The van der Waals surface area contributed by atoms with E-state index in [2.05, 4.69) is 5.32 Å². The smallest absolute Gasteiger partial charge is 0.261 e. The molecule has 3 N–H and O–H groups in total. The first-order chi connectivity index (χ1) is 8.06. The average Bonchev–Trinajstić information content (AvgIpc) is 2.63. The van der Waals surface area contributed by atoms with Crippen LogP contribution in [-0.2, 0) is 10.8 Å². The fourth-order valence-electron chi connectivity index (χ4n) is 1.80. The quantitative estimate of drug-likeness (QED) is 0.852. The SMILES string of the molecule is Cc1sc(C(=O)NC2CCS(=O)CC2)cc1N. The van der Waals surface area contributed by atoms with E-state index in [0.29, 0.717) is 22.1 Å². The maximum atomic E-state index is 11.9. The number of nitrogens with one attached hydrogen (secondary N) is 1. The number of nitrogen functional groups attached to an aromatic ring is 1. The van der Waals surface area contributed by atoms with Crippen molar-refractivity contribution in [2.75, 3.05) is 17.2 Å². The molecular weight excluding hydrogens is 256 g/mol. The molecule has 1 aliphatic heterocycles. The van der Waals surface area contributed by atoms with E-state index in [1.807, 2.05) is 6.92 Å². The molecule has 0 saturated carbocycles. The van der Waals surface area contributed by atoms with Crippen LogP contribution in [0.3, 0.4) is 0 Å². The Morgan fingerprint density at radius 2 is 2.18 bits per heavy atom. The second-order valence-corrected chi connectivity index (χ2v) is 7.17. The lowest BCUT2D eigenvalue weighted by atomic mass is 10.1. The zero-order valence-corrected chi connectivity index (χ0v) is 11.3. The highest BCUT2D eigenvalue weighted by atomic mass is 32.2. The molecule has 0 spiro atoms. The van der Waals surface area contributed by atoms with Crippen LogP contribution in [0.1, 0.15) is 27.4 Å². The molecule has 1 fully saturated rings. The van der Waals surface area contributed by atoms with E-state index in [1.54, 1.807) is 6.07 Å². The largest absolute Gasteiger partial charge is 0.398 e. The first-order valence-corrected chi connectivity index (χ1v) is 7.88. The van der Waals surface area contributed by atoms with Gasteiger partial charge in [-0.2, -0.15) is 0 Å². The van der Waals surface area contributed by atoms with E-state index in [1.165, 1.54) is 11.3 Å². The summed E-state index contributed by atoms with van der Waals surface area (Å²) in [6, 6.07) is 1.87. The average molecular weight is 272 g/mol. The molecule has 94 valence electrons. The van der Waals surface area contributed by atoms with Crippen molar-refractivity contribution >= 4 is 33.7 Å². The highest BCUT2D eigenvalue weighted by Gasteiger charge is 2.21.